The predicted octanol–water partition coefficient (Wildman–Crippen LogP) is 5.05. The van der Waals surface area contributed by atoms with Gasteiger partial charge in [0, 0.05) is 32.7 Å². The molecule has 8 nitrogen and oxygen atoms in total. The monoisotopic (exact) mass is 582 g/mol. The van der Waals surface area contributed by atoms with Gasteiger partial charge < -0.3 is 21.6 Å². The van der Waals surface area contributed by atoms with Crippen molar-refractivity contribution >= 4 is 68.7 Å². The SMILES string of the molecule is C/C=C1\N[C@H](c2ccc(Cl)cc2)CN=C(c2cccs2)N(CCc2cc3cnc(N)cc3s2)C1=O.C=O.CN. The number of nitrogen functional groups attached to an aromatic ring is 1. The molecule has 0 saturated carbocycles. The summed E-state index contributed by atoms with van der Waals surface area (Å²) >= 11 is 9.35. The number of amidine groups is 1. The van der Waals surface area contributed by atoms with Gasteiger partial charge in [0.05, 0.1) is 23.2 Å². The average Bonchev–Trinajstić information content (AvgIpc) is 3.63. The molecular weight excluding hydrogens is 552 g/mol. The number of hydrogen-bond donors (Lipinski definition) is 3. The van der Waals surface area contributed by atoms with E-state index < -0.39 is 0 Å². The number of nitrogens with zero attached hydrogens (tertiary/aromatic N) is 3. The third-order valence-electron chi connectivity index (χ3n) is 5.84. The van der Waals surface area contributed by atoms with E-state index in [-0.39, 0.29) is 11.9 Å². The molecule has 1 aromatic carbocycles. The zero-order valence-electron chi connectivity index (χ0n) is 21.8. The number of fused-ring (bicyclic) bond motifs is 1. The van der Waals surface area contributed by atoms with Crippen LogP contribution in [-0.4, -0.2) is 48.6 Å². The third-order valence-corrected chi connectivity index (χ3v) is 8.12. The van der Waals surface area contributed by atoms with Gasteiger partial charge in [-0.25, -0.2) is 4.98 Å². The summed E-state index contributed by atoms with van der Waals surface area (Å²) < 4.78 is 1.10. The molecule has 1 amide bonds. The van der Waals surface area contributed by atoms with Crippen molar-refractivity contribution in [2.45, 2.75) is 19.4 Å². The molecule has 0 unspecified atom stereocenters. The molecule has 1 aliphatic rings. The van der Waals surface area contributed by atoms with Crippen molar-refractivity contribution in [2.75, 3.05) is 25.9 Å². The van der Waals surface area contributed by atoms with E-state index in [2.05, 4.69) is 22.1 Å². The van der Waals surface area contributed by atoms with Crippen LogP contribution in [0.5, 0.6) is 0 Å². The molecule has 5 N–H and O–H groups in total. The number of halogens is 1. The Morgan fingerprint density at radius 1 is 1.21 bits per heavy atom. The number of pyridine rings is 1. The number of hydrogen-bond acceptors (Lipinski definition) is 9. The first-order valence-electron chi connectivity index (χ1n) is 12.1. The highest BCUT2D eigenvalue weighted by atomic mass is 35.5. The quantitative estimate of drug-likeness (QED) is 0.283. The number of aromatic nitrogens is 1. The highest BCUT2D eigenvalue weighted by Gasteiger charge is 2.29. The van der Waals surface area contributed by atoms with Gasteiger partial charge in [0.15, 0.2) is 0 Å². The summed E-state index contributed by atoms with van der Waals surface area (Å²) in [4.78, 5) is 34.9. The van der Waals surface area contributed by atoms with E-state index in [0.717, 1.165) is 20.5 Å². The lowest BCUT2D eigenvalue weighted by Crippen LogP contribution is -2.45. The summed E-state index contributed by atoms with van der Waals surface area (Å²) in [7, 11) is 1.50. The largest absolute Gasteiger partial charge is 0.384 e. The van der Waals surface area contributed by atoms with Gasteiger partial charge in [0.2, 0.25) is 0 Å². The van der Waals surface area contributed by atoms with Gasteiger partial charge in [0.25, 0.3) is 5.91 Å². The fraction of sp³-hybridized carbons (Fsp3) is 0.214. The van der Waals surface area contributed by atoms with Gasteiger partial charge in [-0.2, -0.15) is 0 Å². The number of aliphatic imine (C=N–C) groups is 1. The number of rotatable bonds is 5. The lowest BCUT2D eigenvalue weighted by molar-refractivity contribution is -0.124. The number of thiophene rings is 2. The molecule has 204 valence electrons. The van der Waals surface area contributed by atoms with Crippen molar-refractivity contribution in [3.8, 4) is 0 Å². The first-order valence-corrected chi connectivity index (χ1v) is 14.2. The highest BCUT2D eigenvalue weighted by Crippen LogP contribution is 2.28. The number of amides is 1. The van der Waals surface area contributed by atoms with Crippen LogP contribution in [-0.2, 0) is 16.0 Å². The molecular formula is C28H31ClN6O2S2. The summed E-state index contributed by atoms with van der Waals surface area (Å²) in [5, 5.41) is 7.16. The minimum Gasteiger partial charge on any atom is -0.384 e. The van der Waals surface area contributed by atoms with Gasteiger partial charge in [-0.3, -0.25) is 14.7 Å². The Bertz CT molecular complexity index is 1430. The molecule has 4 aromatic rings. The predicted molar refractivity (Wildman–Crippen MR) is 163 cm³/mol. The van der Waals surface area contributed by atoms with Crippen LogP contribution >= 0.6 is 34.3 Å². The summed E-state index contributed by atoms with van der Waals surface area (Å²) in [6, 6.07) is 15.5. The van der Waals surface area contributed by atoms with Crippen molar-refractivity contribution in [1.29, 1.82) is 0 Å². The van der Waals surface area contributed by atoms with Crippen molar-refractivity contribution in [3.63, 3.8) is 0 Å². The Labute approximate surface area is 241 Å². The molecule has 0 aliphatic carbocycles. The first kappa shape index (κ1) is 30.0. The van der Waals surface area contributed by atoms with Gasteiger partial charge in [-0.15, -0.1) is 22.7 Å². The van der Waals surface area contributed by atoms with Gasteiger partial charge in [0.1, 0.15) is 18.4 Å². The summed E-state index contributed by atoms with van der Waals surface area (Å²) in [5.74, 6) is 1.12. The van der Waals surface area contributed by atoms with Crippen LogP contribution in [0.25, 0.3) is 10.1 Å². The molecule has 4 heterocycles. The minimum atomic E-state index is -0.139. The number of allylic oxidation sites excluding steroid dienone is 1. The minimum absolute atomic E-state index is 0.0923. The number of anilines is 1. The van der Waals surface area contributed by atoms with Gasteiger partial charge in [-0.1, -0.05) is 35.9 Å². The Hall–Kier alpha value is -3.57. The standard InChI is InChI=1S/C26H24ClN5OS2.CH5N.CH2O/c1-2-20-26(33)32(10-9-19-12-17-14-29-24(28)13-23(17)35-19)25(22-4-3-11-34-22)30-15-21(31-20)16-5-7-18(27)8-6-16;2*1-2/h2-8,11-14,21,31H,9-10,15H2,1H3,(H2,28,29);2H2,1H3;1H2/b20-2-,30-25?;;/t21-;;/m0../s1. The summed E-state index contributed by atoms with van der Waals surface area (Å²) in [6.07, 6.45) is 4.33. The van der Waals surface area contributed by atoms with E-state index in [4.69, 9.17) is 27.1 Å². The lowest BCUT2D eigenvalue weighted by atomic mass is 10.1. The molecule has 11 heteroatoms. The van der Waals surface area contributed by atoms with Crippen LogP contribution in [0.4, 0.5) is 5.82 Å². The molecule has 0 radical (unpaired) electrons. The normalized spacial score (nSPS) is 16.3. The Morgan fingerprint density at radius 2 is 1.95 bits per heavy atom. The average molecular weight is 583 g/mol. The third kappa shape index (κ3) is 7.30. The molecule has 0 spiro atoms. The number of benzene rings is 1. The van der Waals surface area contributed by atoms with Crippen LogP contribution in [0, 0.1) is 0 Å². The van der Waals surface area contributed by atoms with Gasteiger partial charge in [-0.05, 0) is 61.7 Å². The Kier molecular flexibility index (Phi) is 11.2. The molecule has 39 heavy (non-hydrogen) atoms. The summed E-state index contributed by atoms with van der Waals surface area (Å²) in [5.41, 5.74) is 11.9. The summed E-state index contributed by atoms with van der Waals surface area (Å²) in [6.45, 7) is 4.88. The van der Waals surface area contributed by atoms with E-state index in [0.29, 0.717) is 41.9 Å². The second kappa shape index (κ2) is 14.5. The first-order chi connectivity index (χ1) is 19.0. The smallest absolute Gasteiger partial charge is 0.275 e. The molecule has 0 bridgehead atoms. The number of nitrogens with two attached hydrogens (primary N) is 2. The van der Waals surface area contributed by atoms with Crippen LogP contribution in [0.2, 0.25) is 5.02 Å². The zero-order chi connectivity index (χ0) is 28.4. The maximum absolute atomic E-state index is 13.8. The molecule has 5 rings (SSSR count). The second-order valence-electron chi connectivity index (χ2n) is 8.16. The van der Waals surface area contributed by atoms with Crippen molar-refractivity contribution in [1.82, 2.24) is 15.2 Å². The molecule has 0 saturated heterocycles. The highest BCUT2D eigenvalue weighted by molar-refractivity contribution is 7.19. The van der Waals surface area contributed by atoms with Crippen LogP contribution in [0.15, 0.2) is 76.9 Å². The fourth-order valence-electron chi connectivity index (χ4n) is 4.06. The molecule has 1 aliphatic heterocycles. The lowest BCUT2D eigenvalue weighted by Gasteiger charge is -2.30. The van der Waals surface area contributed by atoms with Crippen LogP contribution in [0.3, 0.4) is 0 Å². The van der Waals surface area contributed by atoms with E-state index >= 15 is 0 Å². The van der Waals surface area contributed by atoms with Crippen molar-refractivity contribution < 1.29 is 9.59 Å². The molecule has 3 aromatic heterocycles. The van der Waals surface area contributed by atoms with Crippen molar-refractivity contribution in [2.24, 2.45) is 10.7 Å². The van der Waals surface area contributed by atoms with Crippen LogP contribution in [0.1, 0.15) is 28.3 Å². The van der Waals surface area contributed by atoms with Crippen molar-refractivity contribution in [3.05, 3.63) is 92.2 Å². The molecule has 0 fully saturated rings. The van der Waals surface area contributed by atoms with Crippen LogP contribution < -0.4 is 16.8 Å². The Morgan fingerprint density at radius 3 is 2.62 bits per heavy atom. The van der Waals surface area contributed by atoms with E-state index in [9.17, 15) is 4.79 Å². The fourth-order valence-corrected chi connectivity index (χ4v) is 6.00. The second-order valence-corrected chi connectivity index (χ2v) is 10.7. The van der Waals surface area contributed by atoms with E-state index in [1.54, 1.807) is 33.8 Å². The zero-order valence-corrected chi connectivity index (χ0v) is 24.2. The number of carbonyl (C=O) groups excluding carboxylic acids is 2. The number of nitrogens with one attached hydrogen (secondary N) is 1. The maximum Gasteiger partial charge on any atom is 0.275 e. The number of carbonyl (C=O) groups is 2. The topological polar surface area (TPSA) is 127 Å². The molecule has 1 atom stereocenters. The van der Waals surface area contributed by atoms with E-state index in [1.807, 2.05) is 67.6 Å². The maximum atomic E-state index is 13.8. The Balaban J connectivity index is 0.00000100. The van der Waals surface area contributed by atoms with Gasteiger partial charge >= 0.3 is 0 Å². The van der Waals surface area contributed by atoms with E-state index in [1.165, 1.54) is 11.9 Å².